The summed E-state index contributed by atoms with van der Waals surface area (Å²) in [5.41, 5.74) is 0. The molecule has 20 heavy (non-hydrogen) atoms. The van der Waals surface area contributed by atoms with Gasteiger partial charge in [0.25, 0.3) is 0 Å². The molecule has 0 aromatic carbocycles. The maximum absolute atomic E-state index is 12.2. The first-order valence-electron chi connectivity index (χ1n) is 8.02. The molecule has 2 aliphatic rings. The number of hydrogen-bond acceptors (Lipinski definition) is 3. The van der Waals surface area contributed by atoms with Crippen LogP contribution < -0.4 is 5.32 Å². The largest absolute Gasteiger partial charge is 0.393 e. The van der Waals surface area contributed by atoms with E-state index in [1.807, 2.05) is 7.05 Å². The van der Waals surface area contributed by atoms with Crippen LogP contribution in [0.5, 0.6) is 0 Å². The summed E-state index contributed by atoms with van der Waals surface area (Å²) in [7, 11) is 1.83. The highest BCUT2D eigenvalue weighted by atomic mass is 16.3. The van der Waals surface area contributed by atoms with Gasteiger partial charge in [-0.3, -0.25) is 0 Å². The van der Waals surface area contributed by atoms with E-state index in [0.717, 1.165) is 51.7 Å². The van der Waals surface area contributed by atoms with Gasteiger partial charge in [0.15, 0.2) is 0 Å². The van der Waals surface area contributed by atoms with Crippen LogP contribution in [0.2, 0.25) is 0 Å². The van der Waals surface area contributed by atoms with Gasteiger partial charge in [0, 0.05) is 38.6 Å². The number of nitrogens with zero attached hydrogens (tertiary/aromatic N) is 2. The predicted octanol–water partition coefficient (Wildman–Crippen LogP) is 1.27. The second-order valence-corrected chi connectivity index (χ2v) is 6.30. The number of nitrogens with one attached hydrogen (secondary N) is 1. The third-order valence-corrected chi connectivity index (χ3v) is 4.84. The smallest absolute Gasteiger partial charge is 0.317 e. The summed E-state index contributed by atoms with van der Waals surface area (Å²) in [6.07, 6.45) is 4.86. The second kappa shape index (κ2) is 7.27. The second-order valence-electron chi connectivity index (χ2n) is 6.30. The first-order chi connectivity index (χ1) is 9.60. The van der Waals surface area contributed by atoms with E-state index < -0.39 is 0 Å². The highest BCUT2D eigenvalue weighted by molar-refractivity contribution is 5.74. The minimum absolute atomic E-state index is 0.0130. The van der Waals surface area contributed by atoms with Crippen LogP contribution in [0.3, 0.4) is 0 Å². The van der Waals surface area contributed by atoms with Crippen molar-refractivity contribution in [2.75, 3.05) is 33.2 Å². The number of urea groups is 1. The summed E-state index contributed by atoms with van der Waals surface area (Å²) < 4.78 is 0. The van der Waals surface area contributed by atoms with Crippen LogP contribution in [0, 0.1) is 5.92 Å². The molecule has 2 N–H and O–H groups in total. The molecule has 1 aliphatic carbocycles. The van der Waals surface area contributed by atoms with Gasteiger partial charge in [0.1, 0.15) is 0 Å². The normalized spacial score (nSPS) is 28.6. The molecule has 0 aromatic rings. The average molecular weight is 283 g/mol. The van der Waals surface area contributed by atoms with Crippen molar-refractivity contribution in [3.63, 3.8) is 0 Å². The van der Waals surface area contributed by atoms with Crippen LogP contribution in [0.1, 0.15) is 39.0 Å². The third-order valence-electron chi connectivity index (χ3n) is 4.84. The molecule has 2 unspecified atom stereocenters. The fourth-order valence-electron chi connectivity index (χ4n) is 3.34. The lowest BCUT2D eigenvalue weighted by molar-refractivity contribution is 0.112. The van der Waals surface area contributed by atoms with Gasteiger partial charge in [0.05, 0.1) is 6.10 Å². The van der Waals surface area contributed by atoms with E-state index in [1.54, 1.807) is 4.90 Å². The van der Waals surface area contributed by atoms with Crippen molar-refractivity contribution < 1.29 is 9.90 Å². The van der Waals surface area contributed by atoms with Gasteiger partial charge in [-0.05, 0) is 32.2 Å². The van der Waals surface area contributed by atoms with Gasteiger partial charge in [0.2, 0.25) is 0 Å². The molecule has 2 atom stereocenters. The zero-order chi connectivity index (χ0) is 14.5. The molecule has 0 bridgehead atoms. The molecule has 116 valence electrons. The number of likely N-dealkylation sites (tertiary alicyclic amines) is 1. The summed E-state index contributed by atoms with van der Waals surface area (Å²) in [5, 5.41) is 13.0. The van der Waals surface area contributed by atoms with Crippen molar-refractivity contribution in [2.24, 2.45) is 5.92 Å². The molecule has 1 saturated carbocycles. The van der Waals surface area contributed by atoms with Gasteiger partial charge in [-0.15, -0.1) is 0 Å². The van der Waals surface area contributed by atoms with Crippen LogP contribution >= 0.6 is 0 Å². The summed E-state index contributed by atoms with van der Waals surface area (Å²) in [6, 6.07) is 0.320. The molecule has 1 saturated heterocycles. The Morgan fingerprint density at radius 3 is 2.55 bits per heavy atom. The van der Waals surface area contributed by atoms with Crippen LogP contribution in [0.15, 0.2) is 0 Å². The molecule has 0 radical (unpaired) electrons. The van der Waals surface area contributed by atoms with Crippen LogP contribution in [0.25, 0.3) is 0 Å². The topological polar surface area (TPSA) is 55.8 Å². The quantitative estimate of drug-likeness (QED) is 0.817. The molecule has 0 aromatic heterocycles. The van der Waals surface area contributed by atoms with Crippen LogP contribution in [0.4, 0.5) is 4.79 Å². The van der Waals surface area contributed by atoms with Gasteiger partial charge < -0.3 is 20.2 Å². The molecule has 5 nitrogen and oxygen atoms in total. The Labute approximate surface area is 122 Å². The van der Waals surface area contributed by atoms with Gasteiger partial charge in [-0.25, -0.2) is 4.79 Å². The summed E-state index contributed by atoms with van der Waals surface area (Å²) >= 11 is 0. The van der Waals surface area contributed by atoms with Crippen molar-refractivity contribution in [3.05, 3.63) is 0 Å². The Morgan fingerprint density at radius 2 is 2.00 bits per heavy atom. The standard InChI is InChI=1S/C15H29N3O2/c1-3-18-9-7-13(8-10-18)16-15(20)17(2)11-12-5-4-6-14(12)19/h12-14,19H,3-11H2,1-2H3,(H,16,20). The Bertz CT molecular complexity index is 316. The van der Waals surface area contributed by atoms with E-state index in [4.69, 9.17) is 0 Å². The van der Waals surface area contributed by atoms with Crippen molar-refractivity contribution >= 4 is 6.03 Å². The van der Waals surface area contributed by atoms with E-state index in [2.05, 4.69) is 17.1 Å². The zero-order valence-electron chi connectivity index (χ0n) is 12.8. The number of aliphatic hydroxyl groups excluding tert-OH is 1. The fourth-order valence-corrected chi connectivity index (χ4v) is 3.34. The van der Waals surface area contributed by atoms with Crippen molar-refractivity contribution in [1.82, 2.24) is 15.1 Å². The highest BCUT2D eigenvalue weighted by Crippen LogP contribution is 2.26. The molecular weight excluding hydrogens is 254 g/mol. The monoisotopic (exact) mass is 283 g/mol. The Kier molecular flexibility index (Phi) is 5.66. The lowest BCUT2D eigenvalue weighted by Gasteiger charge is -2.33. The number of hydrogen-bond donors (Lipinski definition) is 2. The molecule has 2 rings (SSSR count). The maximum Gasteiger partial charge on any atom is 0.317 e. The summed E-state index contributed by atoms with van der Waals surface area (Å²) in [6.45, 7) is 6.10. The van der Waals surface area contributed by atoms with E-state index in [0.29, 0.717) is 12.6 Å². The summed E-state index contributed by atoms with van der Waals surface area (Å²) in [4.78, 5) is 16.3. The Hall–Kier alpha value is -0.810. The number of carbonyl (C=O) groups is 1. The minimum Gasteiger partial charge on any atom is -0.393 e. The number of carbonyl (C=O) groups excluding carboxylic acids is 1. The van der Waals surface area contributed by atoms with Crippen molar-refractivity contribution in [1.29, 1.82) is 0 Å². The Morgan fingerprint density at radius 1 is 1.30 bits per heavy atom. The molecule has 1 aliphatic heterocycles. The molecule has 5 heteroatoms. The van der Waals surface area contributed by atoms with Gasteiger partial charge in [-0.1, -0.05) is 13.3 Å². The maximum atomic E-state index is 12.2. The summed E-state index contributed by atoms with van der Waals surface area (Å²) in [5.74, 6) is 0.257. The molecule has 2 fully saturated rings. The van der Waals surface area contributed by atoms with E-state index in [-0.39, 0.29) is 18.1 Å². The van der Waals surface area contributed by atoms with Gasteiger partial charge in [-0.2, -0.15) is 0 Å². The van der Waals surface area contributed by atoms with Crippen molar-refractivity contribution in [3.8, 4) is 0 Å². The van der Waals surface area contributed by atoms with Crippen molar-refractivity contribution in [2.45, 2.75) is 51.2 Å². The molecular formula is C15H29N3O2. The molecule has 1 heterocycles. The fraction of sp³-hybridized carbons (Fsp3) is 0.933. The lowest BCUT2D eigenvalue weighted by Crippen LogP contribution is -2.49. The predicted molar refractivity (Wildman–Crippen MR) is 79.6 cm³/mol. The average Bonchev–Trinajstić information content (AvgIpc) is 2.85. The van der Waals surface area contributed by atoms with E-state index in [1.165, 1.54) is 0 Å². The minimum atomic E-state index is -0.224. The highest BCUT2D eigenvalue weighted by Gasteiger charge is 2.28. The zero-order valence-corrected chi connectivity index (χ0v) is 12.8. The number of aliphatic hydroxyl groups is 1. The number of amides is 2. The lowest BCUT2D eigenvalue weighted by atomic mass is 10.0. The van der Waals surface area contributed by atoms with Crippen LogP contribution in [-0.2, 0) is 0 Å². The van der Waals surface area contributed by atoms with E-state index in [9.17, 15) is 9.90 Å². The molecule has 0 spiro atoms. The Balaban J connectivity index is 1.71. The first kappa shape index (κ1) is 15.6. The first-order valence-corrected chi connectivity index (χ1v) is 8.02. The number of piperidine rings is 1. The van der Waals surface area contributed by atoms with Crippen LogP contribution in [-0.4, -0.2) is 66.3 Å². The van der Waals surface area contributed by atoms with E-state index >= 15 is 0 Å². The third kappa shape index (κ3) is 4.09. The number of rotatable bonds is 4. The molecule has 2 amide bonds. The van der Waals surface area contributed by atoms with Gasteiger partial charge >= 0.3 is 6.03 Å². The SMILES string of the molecule is CCN1CCC(NC(=O)N(C)CC2CCCC2O)CC1.